The Labute approximate surface area is 114 Å². The molecule has 3 rings (SSSR count). The number of carboxylic acids is 1. The van der Waals surface area contributed by atoms with Gasteiger partial charge in [0.2, 0.25) is 0 Å². The van der Waals surface area contributed by atoms with E-state index in [1.165, 1.54) is 16.8 Å². The number of rotatable bonds is 5. The zero-order valence-corrected chi connectivity index (χ0v) is 10.6. The normalized spacial score (nSPS) is 16.1. The molecule has 1 atom stereocenters. The minimum Gasteiger partial charge on any atom is -0.481 e. The van der Waals surface area contributed by atoms with Crippen LogP contribution >= 0.6 is 0 Å². The lowest BCUT2D eigenvalue weighted by Gasteiger charge is -2.15. The number of hydrogen-bond donors (Lipinski definition) is 1. The highest BCUT2D eigenvalue weighted by Crippen LogP contribution is 2.42. The van der Waals surface area contributed by atoms with Crippen LogP contribution in [-0.4, -0.2) is 31.3 Å². The van der Waals surface area contributed by atoms with Gasteiger partial charge in [-0.3, -0.25) is 4.79 Å². The average Bonchev–Trinajstić information content (AvgIpc) is 3.12. The van der Waals surface area contributed by atoms with Crippen LogP contribution in [0.1, 0.15) is 25.3 Å². The Morgan fingerprint density at radius 2 is 2.30 bits per heavy atom. The van der Waals surface area contributed by atoms with E-state index in [0.29, 0.717) is 11.4 Å². The Morgan fingerprint density at radius 1 is 1.50 bits per heavy atom. The fraction of sp³-hybridized carbons (Fsp3) is 0.385. The van der Waals surface area contributed by atoms with Gasteiger partial charge in [-0.2, -0.15) is 0 Å². The van der Waals surface area contributed by atoms with Crippen molar-refractivity contribution >= 4 is 5.97 Å². The Kier molecular flexibility index (Phi) is 3.17. The maximum atomic E-state index is 13.3. The Morgan fingerprint density at radius 3 is 2.95 bits per heavy atom. The van der Waals surface area contributed by atoms with Crippen molar-refractivity contribution in [1.82, 2.24) is 20.2 Å². The van der Waals surface area contributed by atoms with Gasteiger partial charge in [-0.25, -0.2) is 9.07 Å². The second kappa shape index (κ2) is 4.99. The van der Waals surface area contributed by atoms with Gasteiger partial charge < -0.3 is 5.11 Å². The van der Waals surface area contributed by atoms with E-state index in [0.717, 1.165) is 12.8 Å². The molecule has 1 saturated carbocycles. The van der Waals surface area contributed by atoms with Gasteiger partial charge in [-0.1, -0.05) is 12.1 Å². The molecule has 1 aliphatic rings. The van der Waals surface area contributed by atoms with Crippen molar-refractivity contribution in [2.24, 2.45) is 5.92 Å². The number of halogens is 1. The number of hydrogen-bond acceptors (Lipinski definition) is 4. The summed E-state index contributed by atoms with van der Waals surface area (Å²) in [5.74, 6) is -0.578. The summed E-state index contributed by atoms with van der Waals surface area (Å²) in [4.78, 5) is 11.0. The molecule has 1 aromatic carbocycles. The summed E-state index contributed by atoms with van der Waals surface area (Å²) in [5.41, 5.74) is 0.547. The van der Waals surface area contributed by atoms with Crippen LogP contribution in [0, 0.1) is 11.7 Å². The summed E-state index contributed by atoms with van der Waals surface area (Å²) in [6.07, 6.45) is 1.92. The van der Waals surface area contributed by atoms with Crippen LogP contribution < -0.4 is 0 Å². The first-order valence-electron chi connectivity index (χ1n) is 6.41. The first-order chi connectivity index (χ1) is 9.65. The van der Waals surface area contributed by atoms with Crippen LogP contribution in [0.5, 0.6) is 0 Å². The molecule has 0 amide bonds. The predicted octanol–water partition coefficient (Wildman–Crippen LogP) is 1.90. The van der Waals surface area contributed by atoms with Gasteiger partial charge in [0.15, 0.2) is 5.82 Å². The van der Waals surface area contributed by atoms with E-state index in [1.807, 2.05) is 0 Å². The largest absolute Gasteiger partial charge is 0.481 e. The van der Waals surface area contributed by atoms with E-state index >= 15 is 0 Å². The van der Waals surface area contributed by atoms with E-state index in [1.54, 1.807) is 12.1 Å². The molecule has 0 saturated heterocycles. The summed E-state index contributed by atoms with van der Waals surface area (Å²) in [6, 6.07) is 5.68. The van der Waals surface area contributed by atoms with Crippen LogP contribution in [0.2, 0.25) is 0 Å². The van der Waals surface area contributed by atoms with Crippen molar-refractivity contribution in [3.05, 3.63) is 30.1 Å². The maximum absolute atomic E-state index is 13.3. The highest BCUT2D eigenvalue weighted by molar-refractivity contribution is 5.67. The minimum atomic E-state index is -0.886. The molecule has 1 aromatic heterocycles. The number of aromatic nitrogens is 4. The molecule has 2 aromatic rings. The van der Waals surface area contributed by atoms with Crippen LogP contribution in [0.15, 0.2) is 24.3 Å². The second-order valence-electron chi connectivity index (χ2n) is 4.96. The van der Waals surface area contributed by atoms with E-state index < -0.39 is 5.97 Å². The van der Waals surface area contributed by atoms with Gasteiger partial charge in [-0.05, 0) is 41.3 Å². The quantitative estimate of drug-likeness (QED) is 0.902. The number of aliphatic carboxylic acids is 1. The molecule has 6 nitrogen and oxygen atoms in total. The number of tetrazole rings is 1. The fourth-order valence-electron chi connectivity index (χ4n) is 2.35. The molecule has 1 fully saturated rings. The molecule has 104 valence electrons. The lowest BCUT2D eigenvalue weighted by Crippen LogP contribution is -2.18. The van der Waals surface area contributed by atoms with Gasteiger partial charge in [0.25, 0.3) is 0 Å². The van der Waals surface area contributed by atoms with Crippen molar-refractivity contribution < 1.29 is 14.3 Å². The van der Waals surface area contributed by atoms with Gasteiger partial charge >= 0.3 is 5.97 Å². The third kappa shape index (κ3) is 2.52. The molecule has 20 heavy (non-hydrogen) atoms. The molecule has 0 spiro atoms. The van der Waals surface area contributed by atoms with E-state index in [2.05, 4.69) is 15.5 Å². The van der Waals surface area contributed by atoms with Crippen molar-refractivity contribution in [3.8, 4) is 11.4 Å². The van der Waals surface area contributed by atoms with Gasteiger partial charge in [-0.15, -0.1) is 5.10 Å². The monoisotopic (exact) mass is 276 g/mol. The van der Waals surface area contributed by atoms with Gasteiger partial charge in [0, 0.05) is 5.56 Å². The standard InChI is InChI=1S/C13H13FN4O2/c14-10-3-1-2-9(6-10)13-15-16-17-18(13)11(7-12(19)20)8-4-5-8/h1-3,6,8,11H,4-5,7H2,(H,19,20). The molecule has 0 aliphatic heterocycles. The number of nitrogens with zero attached hydrogens (tertiary/aromatic N) is 4. The third-order valence-corrected chi connectivity index (χ3v) is 3.44. The van der Waals surface area contributed by atoms with Crippen LogP contribution in [-0.2, 0) is 4.79 Å². The first kappa shape index (κ1) is 12.7. The molecule has 1 unspecified atom stereocenters. The summed E-state index contributed by atoms with van der Waals surface area (Å²) < 4.78 is 14.8. The van der Waals surface area contributed by atoms with Crippen molar-refractivity contribution in [3.63, 3.8) is 0 Å². The lowest BCUT2D eigenvalue weighted by atomic mass is 10.1. The van der Waals surface area contributed by atoms with E-state index in [4.69, 9.17) is 5.11 Å². The molecule has 7 heteroatoms. The topological polar surface area (TPSA) is 80.9 Å². The summed E-state index contributed by atoms with van der Waals surface area (Å²) >= 11 is 0. The highest BCUT2D eigenvalue weighted by Gasteiger charge is 2.36. The van der Waals surface area contributed by atoms with E-state index in [9.17, 15) is 9.18 Å². The molecule has 1 N–H and O–H groups in total. The number of carboxylic acid groups (broad SMARTS) is 1. The van der Waals surface area contributed by atoms with Crippen LogP contribution in [0.3, 0.4) is 0 Å². The van der Waals surface area contributed by atoms with Crippen molar-refractivity contribution in [2.45, 2.75) is 25.3 Å². The first-order valence-corrected chi connectivity index (χ1v) is 6.41. The Hall–Kier alpha value is -2.31. The summed E-state index contributed by atoms with van der Waals surface area (Å²) in [7, 11) is 0. The van der Waals surface area contributed by atoms with Crippen LogP contribution in [0.25, 0.3) is 11.4 Å². The molecule has 1 aliphatic carbocycles. The number of benzene rings is 1. The zero-order chi connectivity index (χ0) is 14.1. The smallest absolute Gasteiger partial charge is 0.305 e. The Balaban J connectivity index is 1.98. The number of carbonyl (C=O) groups is 1. The maximum Gasteiger partial charge on any atom is 0.305 e. The third-order valence-electron chi connectivity index (χ3n) is 3.44. The molecule has 0 bridgehead atoms. The summed E-state index contributed by atoms with van der Waals surface area (Å²) in [5, 5.41) is 20.5. The van der Waals surface area contributed by atoms with Gasteiger partial charge in [0.1, 0.15) is 5.82 Å². The Bertz CT molecular complexity index is 639. The zero-order valence-electron chi connectivity index (χ0n) is 10.6. The van der Waals surface area contributed by atoms with Crippen molar-refractivity contribution in [1.29, 1.82) is 0 Å². The fourth-order valence-corrected chi connectivity index (χ4v) is 2.35. The van der Waals surface area contributed by atoms with Gasteiger partial charge in [0.05, 0.1) is 12.5 Å². The van der Waals surface area contributed by atoms with E-state index in [-0.39, 0.29) is 24.2 Å². The molecule has 0 radical (unpaired) electrons. The van der Waals surface area contributed by atoms with Crippen LogP contribution in [0.4, 0.5) is 4.39 Å². The molecular formula is C13H13FN4O2. The minimum absolute atomic E-state index is 0.0297. The lowest BCUT2D eigenvalue weighted by molar-refractivity contribution is -0.138. The average molecular weight is 276 g/mol. The molecule has 1 heterocycles. The highest BCUT2D eigenvalue weighted by atomic mass is 19.1. The van der Waals surface area contributed by atoms with Crippen molar-refractivity contribution in [2.75, 3.05) is 0 Å². The predicted molar refractivity (Wildman–Crippen MR) is 67.2 cm³/mol. The second-order valence-corrected chi connectivity index (χ2v) is 4.96. The SMILES string of the molecule is O=C(O)CC(C1CC1)n1nnnc1-c1cccc(F)c1. The molecular weight excluding hydrogens is 263 g/mol. The summed E-state index contributed by atoms with van der Waals surface area (Å²) in [6.45, 7) is 0.